The zero-order valence-corrected chi connectivity index (χ0v) is 10.6. The Morgan fingerprint density at radius 1 is 1.56 bits per heavy atom. The second-order valence-electron chi connectivity index (χ2n) is 4.81. The Morgan fingerprint density at radius 3 is 2.78 bits per heavy atom. The van der Waals surface area contributed by atoms with Crippen LogP contribution in [-0.4, -0.2) is 24.1 Å². The second-order valence-corrected chi connectivity index (χ2v) is 4.81. The number of amidine groups is 1. The average Bonchev–Trinajstić information content (AvgIpc) is 3.20. The molecule has 0 bridgehead atoms. The van der Waals surface area contributed by atoms with Crippen molar-refractivity contribution in [3.05, 3.63) is 29.6 Å². The second kappa shape index (κ2) is 4.84. The highest BCUT2D eigenvalue weighted by molar-refractivity contribution is 6.02. The van der Waals surface area contributed by atoms with Gasteiger partial charge in [-0.1, -0.05) is 11.2 Å². The average molecular weight is 251 g/mol. The highest BCUT2D eigenvalue weighted by Gasteiger charge is 2.32. The summed E-state index contributed by atoms with van der Waals surface area (Å²) in [5, 5.41) is 11.7. The van der Waals surface area contributed by atoms with E-state index < -0.39 is 5.82 Å². The van der Waals surface area contributed by atoms with Gasteiger partial charge in [0.05, 0.1) is 11.3 Å². The number of rotatable bonds is 4. The molecule has 0 amide bonds. The Morgan fingerprint density at radius 2 is 2.22 bits per heavy atom. The minimum absolute atomic E-state index is 0.162. The minimum Gasteiger partial charge on any atom is -0.409 e. The van der Waals surface area contributed by atoms with Crippen molar-refractivity contribution in [3.8, 4) is 0 Å². The maximum Gasteiger partial charge on any atom is 0.175 e. The zero-order chi connectivity index (χ0) is 13.3. The normalized spacial score (nSPS) is 17.6. The van der Waals surface area contributed by atoms with Gasteiger partial charge in [0.15, 0.2) is 5.84 Å². The van der Waals surface area contributed by atoms with Crippen molar-refractivity contribution >= 4 is 11.5 Å². The summed E-state index contributed by atoms with van der Waals surface area (Å²) in [5.74, 6) is -0.0194. The van der Waals surface area contributed by atoms with E-state index in [1.165, 1.54) is 18.9 Å². The van der Waals surface area contributed by atoms with Gasteiger partial charge >= 0.3 is 0 Å². The molecule has 0 spiro atoms. The molecular weight excluding hydrogens is 233 g/mol. The largest absolute Gasteiger partial charge is 0.409 e. The molecule has 0 aromatic heterocycles. The number of nitrogens with zero attached hydrogens (tertiary/aromatic N) is 2. The number of nitrogens with two attached hydrogens (primary N) is 1. The molecular formula is C13H18FN3O. The molecule has 3 N–H and O–H groups in total. The number of anilines is 1. The molecule has 1 fully saturated rings. The first kappa shape index (κ1) is 12.7. The van der Waals surface area contributed by atoms with Gasteiger partial charge in [0.2, 0.25) is 0 Å². The summed E-state index contributed by atoms with van der Waals surface area (Å²) in [6, 6.07) is 5.05. The predicted octanol–water partition coefficient (Wildman–Crippen LogP) is 2.15. The Kier molecular flexibility index (Phi) is 3.41. The van der Waals surface area contributed by atoms with E-state index in [2.05, 4.69) is 12.1 Å². The van der Waals surface area contributed by atoms with Crippen molar-refractivity contribution in [2.75, 3.05) is 11.9 Å². The summed E-state index contributed by atoms with van der Waals surface area (Å²) in [7, 11) is 1.91. The fourth-order valence-electron chi connectivity index (χ4n) is 2.22. The summed E-state index contributed by atoms with van der Waals surface area (Å²) in [4.78, 5) is 1.99. The van der Waals surface area contributed by atoms with E-state index >= 15 is 0 Å². The van der Waals surface area contributed by atoms with Gasteiger partial charge in [0, 0.05) is 13.1 Å². The van der Waals surface area contributed by atoms with Crippen LogP contribution in [0.5, 0.6) is 0 Å². The molecule has 4 nitrogen and oxygen atoms in total. The molecule has 2 rings (SSSR count). The van der Waals surface area contributed by atoms with Gasteiger partial charge in [-0.2, -0.15) is 0 Å². The Balaban J connectivity index is 2.40. The lowest BCUT2D eigenvalue weighted by atomic mass is 10.1. The van der Waals surface area contributed by atoms with E-state index in [1.54, 1.807) is 12.1 Å². The van der Waals surface area contributed by atoms with Crippen LogP contribution in [0.2, 0.25) is 0 Å². The molecule has 0 radical (unpaired) electrons. The first-order valence-electron chi connectivity index (χ1n) is 6.05. The van der Waals surface area contributed by atoms with Crippen LogP contribution in [-0.2, 0) is 0 Å². The van der Waals surface area contributed by atoms with Crippen molar-refractivity contribution < 1.29 is 9.60 Å². The molecule has 1 aliphatic carbocycles. The lowest BCUT2D eigenvalue weighted by Gasteiger charge is -2.29. The lowest BCUT2D eigenvalue weighted by Crippen LogP contribution is -2.33. The summed E-state index contributed by atoms with van der Waals surface area (Å²) in [6.45, 7) is 2.11. The third-order valence-electron chi connectivity index (χ3n) is 3.65. The fraction of sp³-hybridized carbons (Fsp3) is 0.462. The third-order valence-corrected chi connectivity index (χ3v) is 3.65. The molecule has 0 saturated heterocycles. The summed E-state index contributed by atoms with van der Waals surface area (Å²) in [6.07, 6.45) is 2.42. The van der Waals surface area contributed by atoms with Crippen molar-refractivity contribution in [2.24, 2.45) is 16.8 Å². The number of hydrogen-bond acceptors (Lipinski definition) is 3. The number of hydrogen-bond donors (Lipinski definition) is 2. The molecule has 1 aromatic carbocycles. The Labute approximate surface area is 106 Å². The van der Waals surface area contributed by atoms with Gasteiger partial charge in [-0.3, -0.25) is 0 Å². The molecule has 5 heteroatoms. The summed E-state index contributed by atoms with van der Waals surface area (Å²) in [5.41, 5.74) is 6.38. The lowest BCUT2D eigenvalue weighted by molar-refractivity contribution is 0.318. The fourth-order valence-corrected chi connectivity index (χ4v) is 2.22. The van der Waals surface area contributed by atoms with Crippen LogP contribution < -0.4 is 10.6 Å². The highest BCUT2D eigenvalue weighted by Crippen LogP contribution is 2.37. The minimum atomic E-state index is -0.474. The van der Waals surface area contributed by atoms with Crippen LogP contribution in [0, 0.1) is 11.7 Å². The summed E-state index contributed by atoms with van der Waals surface area (Å²) >= 11 is 0. The van der Waals surface area contributed by atoms with E-state index in [9.17, 15) is 4.39 Å². The molecule has 1 unspecified atom stereocenters. The molecule has 1 aromatic rings. The van der Waals surface area contributed by atoms with Crippen molar-refractivity contribution in [2.45, 2.75) is 25.8 Å². The highest BCUT2D eigenvalue weighted by atomic mass is 19.1. The molecule has 0 heterocycles. The third kappa shape index (κ3) is 2.25. The molecule has 1 atom stereocenters. The van der Waals surface area contributed by atoms with Crippen molar-refractivity contribution in [3.63, 3.8) is 0 Å². The van der Waals surface area contributed by atoms with Crippen LogP contribution in [0.15, 0.2) is 23.4 Å². The Bertz CT molecular complexity index is 471. The maximum absolute atomic E-state index is 13.8. The molecule has 1 aliphatic rings. The number of halogens is 1. The topological polar surface area (TPSA) is 61.8 Å². The standard InChI is InChI=1S/C13H18FN3O/c1-8(9-6-7-9)17(2)11-5-3-4-10(14)12(11)13(15)16-18/h3-5,8-9,18H,6-7H2,1-2H3,(H2,15,16). The van der Waals surface area contributed by atoms with E-state index in [0.717, 1.165) is 0 Å². The van der Waals surface area contributed by atoms with Gasteiger partial charge in [-0.25, -0.2) is 4.39 Å². The maximum atomic E-state index is 13.8. The molecule has 1 saturated carbocycles. The van der Waals surface area contributed by atoms with Crippen LogP contribution >= 0.6 is 0 Å². The first-order valence-corrected chi connectivity index (χ1v) is 6.05. The van der Waals surface area contributed by atoms with Crippen LogP contribution in [0.1, 0.15) is 25.3 Å². The van der Waals surface area contributed by atoms with E-state index in [0.29, 0.717) is 17.6 Å². The molecule has 0 aliphatic heterocycles. The zero-order valence-electron chi connectivity index (χ0n) is 10.6. The molecule has 98 valence electrons. The SMILES string of the molecule is CC(C1CC1)N(C)c1cccc(F)c1C(N)=NO. The first-order chi connectivity index (χ1) is 8.56. The Hall–Kier alpha value is -1.78. The van der Waals surface area contributed by atoms with Gasteiger partial charge in [-0.15, -0.1) is 0 Å². The van der Waals surface area contributed by atoms with Gasteiger partial charge in [0.25, 0.3) is 0 Å². The van der Waals surface area contributed by atoms with Crippen molar-refractivity contribution in [1.29, 1.82) is 0 Å². The van der Waals surface area contributed by atoms with E-state index in [1.807, 2.05) is 11.9 Å². The number of oxime groups is 1. The van der Waals surface area contributed by atoms with Crippen LogP contribution in [0.25, 0.3) is 0 Å². The van der Waals surface area contributed by atoms with E-state index in [-0.39, 0.29) is 11.4 Å². The van der Waals surface area contributed by atoms with E-state index in [4.69, 9.17) is 10.9 Å². The smallest absolute Gasteiger partial charge is 0.175 e. The number of benzene rings is 1. The van der Waals surface area contributed by atoms with Gasteiger partial charge in [-0.05, 0) is 37.8 Å². The van der Waals surface area contributed by atoms with Gasteiger partial charge in [0.1, 0.15) is 5.82 Å². The summed E-state index contributed by atoms with van der Waals surface area (Å²) < 4.78 is 13.8. The van der Waals surface area contributed by atoms with Crippen LogP contribution in [0.3, 0.4) is 0 Å². The monoisotopic (exact) mass is 251 g/mol. The van der Waals surface area contributed by atoms with Crippen molar-refractivity contribution in [1.82, 2.24) is 0 Å². The molecule has 18 heavy (non-hydrogen) atoms. The predicted molar refractivity (Wildman–Crippen MR) is 69.5 cm³/mol. The van der Waals surface area contributed by atoms with Crippen LogP contribution in [0.4, 0.5) is 10.1 Å². The quantitative estimate of drug-likeness (QED) is 0.373. The van der Waals surface area contributed by atoms with Gasteiger partial charge < -0.3 is 15.8 Å².